The molecule has 0 aliphatic carbocycles. The van der Waals surface area contributed by atoms with Crippen molar-refractivity contribution in [1.82, 2.24) is 5.32 Å². The number of carbonyl (C=O) groups excluding carboxylic acids is 1. The third-order valence-electron chi connectivity index (χ3n) is 3.99. The van der Waals surface area contributed by atoms with Crippen LogP contribution in [0.4, 0.5) is 13.2 Å². The molecule has 2 rings (SSSR count). The molecule has 0 amide bonds. The lowest BCUT2D eigenvalue weighted by Crippen LogP contribution is -2.20. The van der Waals surface area contributed by atoms with Crippen molar-refractivity contribution < 1.29 is 37.3 Å². The van der Waals surface area contributed by atoms with E-state index in [2.05, 4.69) is 5.32 Å². The molecule has 9 heteroatoms. The van der Waals surface area contributed by atoms with Gasteiger partial charge in [-0.25, -0.2) is 0 Å². The summed E-state index contributed by atoms with van der Waals surface area (Å²) in [7, 11) is 1.43. The molecule has 0 saturated heterocycles. The average Bonchev–Trinajstić information content (AvgIpc) is 2.68. The number of methoxy groups -OCH3 is 1. The average molecular weight is 411 g/mol. The van der Waals surface area contributed by atoms with Gasteiger partial charge < -0.3 is 14.6 Å². The van der Waals surface area contributed by atoms with Gasteiger partial charge in [-0.1, -0.05) is 12.1 Å². The standard InChI is InChI=1S/C20H20F3NO5/c1-28-17-8-4-14(16(25)7-9-19(26)27)10-18(17)29-12-24-11-13-2-5-15(6-3-13)20(21,22)23/h2-6,8,10,24H,7,9,11-12H2,1H3,(H,26,27). The summed E-state index contributed by atoms with van der Waals surface area (Å²) in [5.41, 5.74) is 0.225. The summed E-state index contributed by atoms with van der Waals surface area (Å²) in [6, 6.07) is 9.28. The van der Waals surface area contributed by atoms with Crippen LogP contribution < -0.4 is 14.8 Å². The number of alkyl halides is 3. The summed E-state index contributed by atoms with van der Waals surface area (Å²) in [5, 5.41) is 11.6. The van der Waals surface area contributed by atoms with Crippen molar-refractivity contribution in [3.8, 4) is 11.5 Å². The van der Waals surface area contributed by atoms with Gasteiger partial charge in [0.25, 0.3) is 0 Å². The van der Waals surface area contributed by atoms with Gasteiger partial charge in [0.15, 0.2) is 17.3 Å². The Morgan fingerprint density at radius 2 is 1.72 bits per heavy atom. The van der Waals surface area contributed by atoms with Crippen LogP contribution in [0.2, 0.25) is 0 Å². The molecule has 6 nitrogen and oxygen atoms in total. The zero-order valence-electron chi connectivity index (χ0n) is 15.6. The van der Waals surface area contributed by atoms with Crippen molar-refractivity contribution in [2.75, 3.05) is 13.8 Å². The van der Waals surface area contributed by atoms with E-state index in [1.807, 2.05) is 0 Å². The number of Topliss-reactive ketones (excluding diaryl/α,β-unsaturated/α-hetero) is 1. The highest BCUT2D eigenvalue weighted by Gasteiger charge is 2.29. The normalized spacial score (nSPS) is 11.2. The molecule has 0 atom stereocenters. The topological polar surface area (TPSA) is 84.9 Å². The quantitative estimate of drug-likeness (QED) is 0.351. The number of nitrogens with one attached hydrogen (secondary N) is 1. The zero-order chi connectivity index (χ0) is 21.4. The van der Waals surface area contributed by atoms with Crippen LogP contribution in [0.1, 0.15) is 34.3 Å². The van der Waals surface area contributed by atoms with Crippen LogP contribution >= 0.6 is 0 Å². The maximum absolute atomic E-state index is 12.6. The molecule has 0 saturated carbocycles. The van der Waals surface area contributed by atoms with E-state index in [9.17, 15) is 22.8 Å². The molecule has 0 fully saturated rings. The second-order valence-electron chi connectivity index (χ2n) is 6.09. The summed E-state index contributed by atoms with van der Waals surface area (Å²) in [6.07, 6.45) is -4.78. The molecule has 2 aromatic rings. The fourth-order valence-electron chi connectivity index (χ4n) is 2.46. The smallest absolute Gasteiger partial charge is 0.416 e. The molecule has 29 heavy (non-hydrogen) atoms. The van der Waals surface area contributed by atoms with E-state index in [1.54, 1.807) is 6.07 Å². The van der Waals surface area contributed by atoms with Gasteiger partial charge in [0.2, 0.25) is 0 Å². The number of benzene rings is 2. The van der Waals surface area contributed by atoms with E-state index in [0.29, 0.717) is 16.9 Å². The fraction of sp³-hybridized carbons (Fsp3) is 0.300. The number of rotatable bonds is 10. The molecular weight excluding hydrogens is 391 g/mol. The van der Waals surface area contributed by atoms with Gasteiger partial charge in [-0.05, 0) is 35.9 Å². The van der Waals surface area contributed by atoms with Crippen molar-refractivity contribution in [2.45, 2.75) is 25.6 Å². The first-order chi connectivity index (χ1) is 13.7. The third kappa shape index (κ3) is 6.79. The van der Waals surface area contributed by atoms with Crippen LogP contribution in [0.15, 0.2) is 42.5 Å². The van der Waals surface area contributed by atoms with Gasteiger partial charge in [-0.15, -0.1) is 0 Å². The van der Waals surface area contributed by atoms with Crippen LogP contribution in [0, 0.1) is 0 Å². The number of carbonyl (C=O) groups is 2. The van der Waals surface area contributed by atoms with Crippen LogP contribution in [0.25, 0.3) is 0 Å². The summed E-state index contributed by atoms with van der Waals surface area (Å²) < 4.78 is 48.4. The molecule has 0 bridgehead atoms. The Bertz CT molecular complexity index is 850. The van der Waals surface area contributed by atoms with Gasteiger partial charge in [-0.3, -0.25) is 14.9 Å². The summed E-state index contributed by atoms with van der Waals surface area (Å²) in [4.78, 5) is 22.7. The largest absolute Gasteiger partial charge is 0.493 e. The highest BCUT2D eigenvalue weighted by Crippen LogP contribution is 2.30. The number of halogens is 3. The maximum Gasteiger partial charge on any atom is 0.416 e. The zero-order valence-corrected chi connectivity index (χ0v) is 15.6. The van der Waals surface area contributed by atoms with Gasteiger partial charge in [0, 0.05) is 18.5 Å². The van der Waals surface area contributed by atoms with Crippen molar-refractivity contribution in [1.29, 1.82) is 0 Å². The molecule has 0 unspecified atom stereocenters. The van der Waals surface area contributed by atoms with E-state index in [4.69, 9.17) is 14.6 Å². The number of ether oxygens (including phenoxy) is 2. The maximum atomic E-state index is 12.6. The highest BCUT2D eigenvalue weighted by molar-refractivity contribution is 5.98. The number of aliphatic carboxylic acids is 1. The van der Waals surface area contributed by atoms with Crippen molar-refractivity contribution in [3.05, 3.63) is 59.2 Å². The predicted octanol–water partition coefficient (Wildman–Crippen LogP) is 3.89. The Labute approximate surface area is 165 Å². The van der Waals surface area contributed by atoms with E-state index in [0.717, 1.165) is 12.1 Å². The van der Waals surface area contributed by atoms with Crippen LogP contribution in [-0.2, 0) is 17.5 Å². The number of hydrogen-bond acceptors (Lipinski definition) is 5. The predicted molar refractivity (Wildman–Crippen MR) is 98.0 cm³/mol. The number of hydrogen-bond donors (Lipinski definition) is 2. The first-order valence-electron chi connectivity index (χ1n) is 8.63. The van der Waals surface area contributed by atoms with Crippen molar-refractivity contribution in [3.63, 3.8) is 0 Å². The van der Waals surface area contributed by atoms with Crippen molar-refractivity contribution >= 4 is 11.8 Å². The lowest BCUT2D eigenvalue weighted by atomic mass is 10.1. The number of ketones is 1. The van der Waals surface area contributed by atoms with Gasteiger partial charge >= 0.3 is 12.1 Å². The molecule has 0 aliphatic rings. The van der Waals surface area contributed by atoms with Crippen LogP contribution in [0.5, 0.6) is 11.5 Å². The number of carboxylic acid groups (broad SMARTS) is 1. The highest BCUT2D eigenvalue weighted by atomic mass is 19.4. The summed E-state index contributed by atoms with van der Waals surface area (Å²) in [5.74, 6) is -0.724. The van der Waals surface area contributed by atoms with Crippen LogP contribution in [-0.4, -0.2) is 30.7 Å². The Hall–Kier alpha value is -3.07. The Kier molecular flexibility index (Phi) is 7.60. The molecule has 0 aromatic heterocycles. The summed E-state index contributed by atoms with van der Waals surface area (Å²) >= 11 is 0. The molecular formula is C20H20F3NO5. The minimum atomic E-state index is -4.38. The molecule has 2 aromatic carbocycles. The lowest BCUT2D eigenvalue weighted by molar-refractivity contribution is -0.138. The SMILES string of the molecule is COc1ccc(C(=O)CCC(=O)O)cc1OCNCc1ccc(C(F)(F)F)cc1. The van der Waals surface area contributed by atoms with Crippen LogP contribution in [0.3, 0.4) is 0 Å². The van der Waals surface area contributed by atoms with Gasteiger partial charge in [0.05, 0.1) is 19.1 Å². The minimum Gasteiger partial charge on any atom is -0.493 e. The first-order valence-corrected chi connectivity index (χ1v) is 8.63. The van der Waals surface area contributed by atoms with Gasteiger partial charge in [0.1, 0.15) is 6.73 Å². The Balaban J connectivity index is 1.92. The fourth-order valence-corrected chi connectivity index (χ4v) is 2.46. The first kappa shape index (κ1) is 22.2. The molecule has 0 aliphatic heterocycles. The summed E-state index contributed by atoms with van der Waals surface area (Å²) in [6.45, 7) is 0.293. The second kappa shape index (κ2) is 9.92. The third-order valence-corrected chi connectivity index (χ3v) is 3.99. The molecule has 0 heterocycles. The monoisotopic (exact) mass is 411 g/mol. The van der Waals surface area contributed by atoms with Gasteiger partial charge in [-0.2, -0.15) is 13.2 Å². The molecule has 156 valence electrons. The molecule has 0 spiro atoms. The Morgan fingerprint density at radius 3 is 2.31 bits per heavy atom. The van der Waals surface area contributed by atoms with Crippen molar-refractivity contribution in [2.24, 2.45) is 0 Å². The lowest BCUT2D eigenvalue weighted by Gasteiger charge is -2.13. The Morgan fingerprint density at radius 1 is 1.03 bits per heavy atom. The molecule has 2 N–H and O–H groups in total. The van der Waals surface area contributed by atoms with E-state index < -0.39 is 17.7 Å². The van der Waals surface area contributed by atoms with E-state index >= 15 is 0 Å². The molecule has 0 radical (unpaired) electrons. The van der Waals surface area contributed by atoms with E-state index in [1.165, 1.54) is 31.4 Å². The minimum absolute atomic E-state index is 0.0180. The second-order valence-corrected chi connectivity index (χ2v) is 6.09. The van der Waals surface area contributed by atoms with E-state index in [-0.39, 0.29) is 37.6 Å². The number of carboxylic acids is 1.